The quantitative estimate of drug-likeness (QED) is 0.290. The summed E-state index contributed by atoms with van der Waals surface area (Å²) < 4.78 is 29.9. The minimum atomic E-state index is -0.824. The van der Waals surface area contributed by atoms with Gasteiger partial charge in [-0.05, 0) is 31.2 Å². The van der Waals surface area contributed by atoms with Crippen LogP contribution in [0.15, 0.2) is 41.7 Å². The average Bonchev–Trinajstić information content (AvgIpc) is 2.64. The number of pyridine rings is 1. The highest BCUT2D eigenvalue weighted by atomic mass is 19.1. The molecule has 7 nitrogen and oxygen atoms in total. The summed E-state index contributed by atoms with van der Waals surface area (Å²) >= 11 is 0. The number of nitrogens with one attached hydrogen (secondary N) is 2. The van der Waals surface area contributed by atoms with Crippen molar-refractivity contribution in [3.8, 4) is 0 Å². The van der Waals surface area contributed by atoms with Gasteiger partial charge in [0, 0.05) is 29.6 Å². The van der Waals surface area contributed by atoms with Gasteiger partial charge in [-0.25, -0.2) is 13.5 Å². The van der Waals surface area contributed by atoms with Gasteiger partial charge in [-0.15, -0.1) is 0 Å². The van der Waals surface area contributed by atoms with Gasteiger partial charge in [-0.2, -0.15) is 5.10 Å². The summed E-state index contributed by atoms with van der Waals surface area (Å²) in [7, 11) is 0. The standard InChI is InChI=1S/C17H14F2N6O/c1-9(24-26)13-4-5-15(20)25(23-13)16(21)7-11-12(18)8-14-10(17(11)19)3-2-6-22-14/h2-6,8,20-21,26H,7H2,1H3/b20-15?,21-16?,24-9+. The molecule has 2 heterocycles. The summed E-state index contributed by atoms with van der Waals surface area (Å²) in [6.45, 7) is 1.50. The Kier molecular flexibility index (Phi) is 4.53. The molecule has 0 aliphatic carbocycles. The van der Waals surface area contributed by atoms with E-state index in [1.165, 1.54) is 37.4 Å². The van der Waals surface area contributed by atoms with Crippen LogP contribution in [0.3, 0.4) is 0 Å². The van der Waals surface area contributed by atoms with Gasteiger partial charge in [0.25, 0.3) is 0 Å². The second-order valence-electron chi connectivity index (χ2n) is 5.55. The van der Waals surface area contributed by atoms with Gasteiger partial charge in [-0.3, -0.25) is 15.8 Å². The van der Waals surface area contributed by atoms with Crippen LogP contribution in [0, 0.1) is 22.5 Å². The van der Waals surface area contributed by atoms with Crippen LogP contribution >= 0.6 is 0 Å². The molecule has 0 saturated carbocycles. The molecular weight excluding hydrogens is 342 g/mol. The van der Waals surface area contributed by atoms with Crippen molar-refractivity contribution in [3.63, 3.8) is 0 Å². The first kappa shape index (κ1) is 17.3. The number of halogens is 2. The lowest BCUT2D eigenvalue weighted by atomic mass is 10.1. The first-order valence-electron chi connectivity index (χ1n) is 7.55. The molecule has 3 aromatic rings. The maximum atomic E-state index is 14.7. The molecule has 0 spiro atoms. The zero-order valence-corrected chi connectivity index (χ0v) is 13.7. The third kappa shape index (κ3) is 3.06. The summed E-state index contributed by atoms with van der Waals surface area (Å²) in [6, 6.07) is 6.93. The number of oxime groups is 1. The Balaban J connectivity index is 2.04. The Bertz CT molecular complexity index is 1110. The number of hydrogen-bond acceptors (Lipinski definition) is 6. The van der Waals surface area contributed by atoms with E-state index in [1.807, 2.05) is 0 Å². The Morgan fingerprint density at radius 2 is 2.08 bits per heavy atom. The average molecular weight is 356 g/mol. The second kappa shape index (κ2) is 6.79. The minimum absolute atomic E-state index is 0.146. The molecule has 0 amide bonds. The zero-order chi connectivity index (χ0) is 18.8. The molecule has 3 N–H and O–H groups in total. The Morgan fingerprint density at radius 1 is 1.31 bits per heavy atom. The SMILES string of the molecule is C/C(=N\O)c1ccc(=N)n(C(=N)Cc2c(F)cc3ncccc3c2F)n1. The fraction of sp³-hybridized carbons (Fsp3) is 0.118. The van der Waals surface area contributed by atoms with Crippen molar-refractivity contribution in [1.82, 2.24) is 14.8 Å². The third-order valence-electron chi connectivity index (χ3n) is 3.85. The molecule has 0 radical (unpaired) electrons. The van der Waals surface area contributed by atoms with Crippen molar-refractivity contribution in [2.24, 2.45) is 5.16 Å². The molecular formula is C17H14F2N6O. The van der Waals surface area contributed by atoms with Gasteiger partial charge < -0.3 is 5.21 Å². The lowest BCUT2D eigenvalue weighted by molar-refractivity contribution is 0.319. The molecule has 9 heteroatoms. The van der Waals surface area contributed by atoms with E-state index < -0.39 is 18.1 Å². The Morgan fingerprint density at radius 3 is 2.81 bits per heavy atom. The molecule has 2 aromatic heterocycles. The lowest BCUT2D eigenvalue weighted by Crippen LogP contribution is -2.31. The van der Waals surface area contributed by atoms with Gasteiger partial charge >= 0.3 is 0 Å². The smallest absolute Gasteiger partial charge is 0.148 e. The molecule has 132 valence electrons. The number of nitrogens with zero attached hydrogens (tertiary/aromatic N) is 4. The highest BCUT2D eigenvalue weighted by Gasteiger charge is 2.17. The third-order valence-corrected chi connectivity index (χ3v) is 3.85. The van der Waals surface area contributed by atoms with Crippen LogP contribution in [-0.4, -0.2) is 31.5 Å². The number of rotatable bonds is 3. The van der Waals surface area contributed by atoms with E-state index >= 15 is 0 Å². The first-order chi connectivity index (χ1) is 12.4. The molecule has 1 aromatic carbocycles. The predicted molar refractivity (Wildman–Crippen MR) is 90.6 cm³/mol. The van der Waals surface area contributed by atoms with E-state index in [-0.39, 0.29) is 39.2 Å². The van der Waals surface area contributed by atoms with Gasteiger partial charge in [0.15, 0.2) is 0 Å². The van der Waals surface area contributed by atoms with Crippen LogP contribution in [0.4, 0.5) is 8.78 Å². The summed E-state index contributed by atoms with van der Waals surface area (Å²) in [5.41, 5.74) is 0.147. The molecule has 0 unspecified atom stereocenters. The van der Waals surface area contributed by atoms with E-state index in [9.17, 15) is 8.78 Å². The van der Waals surface area contributed by atoms with Crippen LogP contribution in [0.2, 0.25) is 0 Å². The molecule has 26 heavy (non-hydrogen) atoms. The summed E-state index contributed by atoms with van der Waals surface area (Å²) in [4.78, 5) is 3.92. The lowest BCUT2D eigenvalue weighted by Gasteiger charge is -2.11. The fourth-order valence-electron chi connectivity index (χ4n) is 2.47. The molecule has 0 aliphatic heterocycles. The highest BCUT2D eigenvalue weighted by Crippen LogP contribution is 2.23. The van der Waals surface area contributed by atoms with Crippen LogP contribution in [0.25, 0.3) is 10.9 Å². The predicted octanol–water partition coefficient (Wildman–Crippen LogP) is 2.46. The normalized spacial score (nSPS) is 11.7. The van der Waals surface area contributed by atoms with Gasteiger partial charge in [0.05, 0.1) is 5.52 Å². The van der Waals surface area contributed by atoms with Crippen LogP contribution in [0.1, 0.15) is 18.2 Å². The van der Waals surface area contributed by atoms with Crippen molar-refractivity contribution in [1.29, 1.82) is 10.8 Å². The monoisotopic (exact) mass is 356 g/mol. The van der Waals surface area contributed by atoms with Gasteiger partial charge in [0.1, 0.15) is 34.4 Å². The Labute approximate surface area is 146 Å². The fourth-order valence-corrected chi connectivity index (χ4v) is 2.47. The zero-order valence-electron chi connectivity index (χ0n) is 13.7. The van der Waals surface area contributed by atoms with Crippen molar-refractivity contribution >= 4 is 22.5 Å². The summed E-state index contributed by atoms with van der Waals surface area (Å²) in [6.07, 6.45) is 1.02. The van der Waals surface area contributed by atoms with Gasteiger partial charge in [-0.1, -0.05) is 5.16 Å². The van der Waals surface area contributed by atoms with E-state index in [2.05, 4.69) is 15.2 Å². The van der Waals surface area contributed by atoms with Crippen molar-refractivity contribution < 1.29 is 14.0 Å². The maximum absolute atomic E-state index is 14.7. The summed E-state index contributed by atoms with van der Waals surface area (Å²) in [5.74, 6) is -1.92. The van der Waals surface area contributed by atoms with Gasteiger partial charge in [0.2, 0.25) is 0 Å². The minimum Gasteiger partial charge on any atom is -0.411 e. The van der Waals surface area contributed by atoms with Crippen LogP contribution < -0.4 is 5.49 Å². The van der Waals surface area contributed by atoms with E-state index in [0.717, 1.165) is 10.7 Å². The molecule has 3 rings (SSSR count). The maximum Gasteiger partial charge on any atom is 0.148 e. The van der Waals surface area contributed by atoms with Crippen molar-refractivity contribution in [3.05, 3.63) is 64.9 Å². The number of hydrogen-bond donors (Lipinski definition) is 3. The second-order valence-corrected chi connectivity index (χ2v) is 5.55. The van der Waals surface area contributed by atoms with Crippen molar-refractivity contribution in [2.75, 3.05) is 0 Å². The first-order valence-corrected chi connectivity index (χ1v) is 7.55. The summed E-state index contributed by atoms with van der Waals surface area (Å²) in [5, 5.41) is 32.0. The Hall–Kier alpha value is -3.49. The topological polar surface area (TPSA) is 111 Å². The van der Waals surface area contributed by atoms with E-state index in [4.69, 9.17) is 16.0 Å². The number of aromatic nitrogens is 3. The van der Waals surface area contributed by atoms with Crippen LogP contribution in [0.5, 0.6) is 0 Å². The van der Waals surface area contributed by atoms with E-state index in [1.54, 1.807) is 0 Å². The molecule has 0 atom stereocenters. The number of benzene rings is 1. The van der Waals surface area contributed by atoms with Crippen molar-refractivity contribution in [2.45, 2.75) is 13.3 Å². The molecule has 0 saturated heterocycles. The van der Waals surface area contributed by atoms with E-state index in [0.29, 0.717) is 0 Å². The number of fused-ring (bicyclic) bond motifs is 1. The van der Waals surface area contributed by atoms with Crippen LogP contribution in [-0.2, 0) is 6.42 Å². The largest absolute Gasteiger partial charge is 0.411 e. The molecule has 0 fully saturated rings. The molecule has 0 bridgehead atoms. The molecule has 0 aliphatic rings. The highest BCUT2D eigenvalue weighted by molar-refractivity contribution is 5.96.